The lowest BCUT2D eigenvalue weighted by molar-refractivity contribution is 0.293. The summed E-state index contributed by atoms with van der Waals surface area (Å²) in [6.07, 6.45) is 2.78. The standard InChI is InChI=1S/C11H15NO2/c1-8(2)9-6-10-11(12-7-9)14-5-3-4-13-10/h6-8H,3-5H2,1-2H3. The fourth-order valence-electron chi connectivity index (χ4n) is 1.38. The smallest absolute Gasteiger partial charge is 0.256 e. The largest absolute Gasteiger partial charge is 0.488 e. The lowest BCUT2D eigenvalue weighted by Gasteiger charge is -2.09. The number of hydrogen-bond donors (Lipinski definition) is 0. The first-order valence-electron chi connectivity index (χ1n) is 5.03. The van der Waals surface area contributed by atoms with Crippen molar-refractivity contribution in [3.63, 3.8) is 0 Å². The summed E-state index contributed by atoms with van der Waals surface area (Å²) in [6, 6.07) is 2.03. The molecule has 0 saturated heterocycles. The molecule has 0 N–H and O–H groups in total. The highest BCUT2D eigenvalue weighted by molar-refractivity contribution is 5.37. The maximum Gasteiger partial charge on any atom is 0.256 e. The third kappa shape index (κ3) is 1.81. The van der Waals surface area contributed by atoms with Gasteiger partial charge in [0, 0.05) is 12.6 Å². The summed E-state index contributed by atoms with van der Waals surface area (Å²) < 4.78 is 11.0. The van der Waals surface area contributed by atoms with Crippen LogP contribution in [0.1, 0.15) is 31.7 Å². The summed E-state index contributed by atoms with van der Waals surface area (Å²) >= 11 is 0. The number of pyridine rings is 1. The minimum atomic E-state index is 0.472. The van der Waals surface area contributed by atoms with E-state index in [-0.39, 0.29) is 0 Å². The van der Waals surface area contributed by atoms with Gasteiger partial charge in [0.2, 0.25) is 0 Å². The predicted octanol–water partition coefficient (Wildman–Crippen LogP) is 2.37. The van der Waals surface area contributed by atoms with Gasteiger partial charge in [0.25, 0.3) is 5.88 Å². The van der Waals surface area contributed by atoms with E-state index in [0.717, 1.165) is 18.8 Å². The molecule has 0 amide bonds. The number of aromatic nitrogens is 1. The number of hydrogen-bond acceptors (Lipinski definition) is 3. The molecule has 0 unspecified atom stereocenters. The van der Waals surface area contributed by atoms with E-state index < -0.39 is 0 Å². The molecule has 14 heavy (non-hydrogen) atoms. The van der Waals surface area contributed by atoms with Crippen LogP contribution >= 0.6 is 0 Å². The fourth-order valence-corrected chi connectivity index (χ4v) is 1.38. The van der Waals surface area contributed by atoms with Crippen LogP contribution < -0.4 is 9.47 Å². The van der Waals surface area contributed by atoms with Gasteiger partial charge in [0.15, 0.2) is 5.75 Å². The van der Waals surface area contributed by atoms with Gasteiger partial charge in [-0.15, -0.1) is 0 Å². The second-order valence-corrected chi connectivity index (χ2v) is 3.78. The Morgan fingerprint density at radius 3 is 2.86 bits per heavy atom. The van der Waals surface area contributed by atoms with Gasteiger partial charge in [-0.25, -0.2) is 4.98 Å². The van der Waals surface area contributed by atoms with Crippen molar-refractivity contribution in [3.05, 3.63) is 17.8 Å². The van der Waals surface area contributed by atoms with Gasteiger partial charge in [-0.1, -0.05) is 13.8 Å². The zero-order valence-electron chi connectivity index (χ0n) is 8.62. The van der Waals surface area contributed by atoms with E-state index in [1.807, 2.05) is 12.3 Å². The summed E-state index contributed by atoms with van der Waals surface area (Å²) in [6.45, 7) is 5.69. The third-order valence-electron chi connectivity index (χ3n) is 2.29. The molecule has 2 heterocycles. The van der Waals surface area contributed by atoms with Crippen LogP contribution in [0.3, 0.4) is 0 Å². The molecule has 1 aliphatic rings. The van der Waals surface area contributed by atoms with Crippen molar-refractivity contribution in [2.75, 3.05) is 13.2 Å². The summed E-state index contributed by atoms with van der Waals surface area (Å²) in [5, 5.41) is 0. The first-order chi connectivity index (χ1) is 6.77. The lowest BCUT2D eigenvalue weighted by atomic mass is 10.1. The third-order valence-corrected chi connectivity index (χ3v) is 2.29. The van der Waals surface area contributed by atoms with Gasteiger partial charge in [-0.05, 0) is 17.5 Å². The minimum absolute atomic E-state index is 0.472. The highest BCUT2D eigenvalue weighted by atomic mass is 16.5. The molecule has 1 aliphatic heterocycles. The van der Waals surface area contributed by atoms with Crippen LogP contribution in [0.2, 0.25) is 0 Å². The first kappa shape index (κ1) is 9.31. The second kappa shape index (κ2) is 3.86. The highest BCUT2D eigenvalue weighted by Gasteiger charge is 2.12. The number of ether oxygens (including phenoxy) is 2. The zero-order chi connectivity index (χ0) is 9.97. The summed E-state index contributed by atoms with van der Waals surface area (Å²) in [7, 11) is 0. The van der Waals surface area contributed by atoms with Crippen LogP contribution in [0.15, 0.2) is 12.3 Å². The van der Waals surface area contributed by atoms with Crippen LogP contribution in [0.25, 0.3) is 0 Å². The Bertz CT molecular complexity index is 323. The maximum atomic E-state index is 5.55. The monoisotopic (exact) mass is 193 g/mol. The second-order valence-electron chi connectivity index (χ2n) is 3.78. The number of fused-ring (bicyclic) bond motifs is 1. The first-order valence-corrected chi connectivity index (χ1v) is 5.03. The van der Waals surface area contributed by atoms with E-state index in [1.165, 1.54) is 5.56 Å². The summed E-state index contributed by atoms with van der Waals surface area (Å²) in [4.78, 5) is 4.25. The van der Waals surface area contributed by atoms with Crippen LogP contribution in [-0.4, -0.2) is 18.2 Å². The number of rotatable bonds is 1. The van der Waals surface area contributed by atoms with Gasteiger partial charge in [0.1, 0.15) is 0 Å². The van der Waals surface area contributed by atoms with Gasteiger partial charge >= 0.3 is 0 Å². The van der Waals surface area contributed by atoms with Crippen molar-refractivity contribution in [3.8, 4) is 11.6 Å². The molecule has 0 atom stereocenters. The highest BCUT2D eigenvalue weighted by Crippen LogP contribution is 2.29. The molecule has 0 radical (unpaired) electrons. The Morgan fingerprint density at radius 1 is 1.29 bits per heavy atom. The van der Waals surface area contributed by atoms with Crippen molar-refractivity contribution in [2.45, 2.75) is 26.2 Å². The van der Waals surface area contributed by atoms with E-state index in [1.54, 1.807) is 0 Å². The maximum absolute atomic E-state index is 5.55. The van der Waals surface area contributed by atoms with E-state index >= 15 is 0 Å². The average molecular weight is 193 g/mol. The van der Waals surface area contributed by atoms with Crippen molar-refractivity contribution in [2.24, 2.45) is 0 Å². The molecule has 0 spiro atoms. The van der Waals surface area contributed by atoms with Crippen molar-refractivity contribution < 1.29 is 9.47 Å². The molecular formula is C11H15NO2. The molecule has 1 aromatic heterocycles. The zero-order valence-corrected chi connectivity index (χ0v) is 8.62. The molecule has 2 rings (SSSR count). The van der Waals surface area contributed by atoms with Crippen molar-refractivity contribution >= 4 is 0 Å². The lowest BCUT2D eigenvalue weighted by Crippen LogP contribution is -1.97. The molecule has 1 aromatic rings. The Balaban J connectivity index is 2.32. The molecule has 0 saturated carbocycles. The van der Waals surface area contributed by atoms with E-state index in [4.69, 9.17) is 9.47 Å². The average Bonchev–Trinajstić information content (AvgIpc) is 2.41. The predicted molar refractivity (Wildman–Crippen MR) is 53.9 cm³/mol. The molecule has 76 valence electrons. The summed E-state index contributed by atoms with van der Waals surface area (Å²) in [5.41, 5.74) is 1.19. The Kier molecular flexibility index (Phi) is 2.57. The van der Waals surface area contributed by atoms with Gasteiger partial charge in [-0.3, -0.25) is 0 Å². The van der Waals surface area contributed by atoms with Crippen LogP contribution in [0.4, 0.5) is 0 Å². The quantitative estimate of drug-likeness (QED) is 0.686. The molecule has 3 nitrogen and oxygen atoms in total. The fraction of sp³-hybridized carbons (Fsp3) is 0.545. The molecular weight excluding hydrogens is 178 g/mol. The van der Waals surface area contributed by atoms with Crippen LogP contribution in [0, 0.1) is 0 Å². The molecule has 0 fully saturated rings. The molecule has 0 aliphatic carbocycles. The van der Waals surface area contributed by atoms with Crippen LogP contribution in [-0.2, 0) is 0 Å². The van der Waals surface area contributed by atoms with Crippen molar-refractivity contribution in [1.82, 2.24) is 4.98 Å². The SMILES string of the molecule is CC(C)c1cnc2c(c1)OCCCO2. The Hall–Kier alpha value is -1.25. The Labute approximate surface area is 84.1 Å². The van der Waals surface area contributed by atoms with Crippen molar-refractivity contribution in [1.29, 1.82) is 0 Å². The van der Waals surface area contributed by atoms with E-state index in [0.29, 0.717) is 18.4 Å². The van der Waals surface area contributed by atoms with Crippen LogP contribution in [0.5, 0.6) is 11.6 Å². The summed E-state index contributed by atoms with van der Waals surface area (Å²) in [5.74, 6) is 1.89. The molecule has 3 heteroatoms. The topological polar surface area (TPSA) is 31.4 Å². The van der Waals surface area contributed by atoms with Gasteiger partial charge in [-0.2, -0.15) is 0 Å². The normalized spacial score (nSPS) is 15.4. The van der Waals surface area contributed by atoms with Gasteiger partial charge in [0.05, 0.1) is 13.2 Å². The molecule has 0 aromatic carbocycles. The molecule has 0 bridgehead atoms. The Morgan fingerprint density at radius 2 is 2.07 bits per heavy atom. The number of nitrogens with zero attached hydrogens (tertiary/aromatic N) is 1. The van der Waals surface area contributed by atoms with Gasteiger partial charge < -0.3 is 9.47 Å². The van der Waals surface area contributed by atoms with E-state index in [9.17, 15) is 0 Å². The van der Waals surface area contributed by atoms with E-state index in [2.05, 4.69) is 18.8 Å². The minimum Gasteiger partial charge on any atom is -0.488 e.